The zero-order valence-corrected chi connectivity index (χ0v) is 18.3. The highest BCUT2D eigenvalue weighted by molar-refractivity contribution is 8.15. The fourth-order valence-corrected chi connectivity index (χ4v) is 5.57. The van der Waals surface area contributed by atoms with Crippen LogP contribution in [0.2, 0.25) is 5.02 Å². The Bertz CT molecular complexity index is 1140. The normalized spacial score (nSPS) is 16.5. The van der Waals surface area contributed by atoms with Gasteiger partial charge in [0.1, 0.15) is 6.61 Å². The fourth-order valence-electron chi connectivity index (χ4n) is 3.05. The first-order valence-electron chi connectivity index (χ1n) is 9.01. The van der Waals surface area contributed by atoms with Crippen molar-refractivity contribution in [2.45, 2.75) is 4.90 Å². The number of rotatable bonds is 6. The highest BCUT2D eigenvalue weighted by Crippen LogP contribution is 2.42. The maximum Gasteiger partial charge on any atom is 0.257 e. The number of fused-ring (bicyclic) bond motifs is 3. The van der Waals surface area contributed by atoms with Crippen LogP contribution in [0.4, 0.5) is 11.4 Å². The number of amides is 1. The van der Waals surface area contributed by atoms with Gasteiger partial charge in [0.25, 0.3) is 15.9 Å². The first kappa shape index (κ1) is 21.0. The van der Waals surface area contributed by atoms with E-state index in [1.807, 2.05) is 4.90 Å². The molecule has 0 atom stereocenters. The summed E-state index contributed by atoms with van der Waals surface area (Å²) in [5.41, 5.74) is 1.72. The minimum absolute atomic E-state index is 0.0284. The molecule has 11 heteroatoms. The highest BCUT2D eigenvalue weighted by atomic mass is 35.5. The van der Waals surface area contributed by atoms with Gasteiger partial charge < -0.3 is 19.7 Å². The van der Waals surface area contributed by atoms with E-state index in [4.69, 9.17) is 21.1 Å². The van der Waals surface area contributed by atoms with Crippen molar-refractivity contribution in [1.82, 2.24) is 0 Å². The monoisotopic (exact) mass is 467 g/mol. The van der Waals surface area contributed by atoms with Crippen LogP contribution in [-0.2, 0) is 14.8 Å². The summed E-state index contributed by atoms with van der Waals surface area (Å²) in [6, 6.07) is 10.3. The minimum Gasteiger partial charge on any atom is -0.487 e. The van der Waals surface area contributed by atoms with Crippen LogP contribution in [0.3, 0.4) is 0 Å². The van der Waals surface area contributed by atoms with Gasteiger partial charge in [-0.2, -0.15) is 0 Å². The second-order valence-electron chi connectivity index (χ2n) is 6.51. The van der Waals surface area contributed by atoms with E-state index >= 15 is 0 Å². The standard InChI is InChI=1S/C19H18ClN3O5S2/c1-27-8-9-28-17-13(20)3-2-4-14(17)21-18(24)12-5-6-15-16(11-12)29-19-22-30(25,26)10-7-23(15)19/h2-6,11H,7-10H2,1H3,(H,21,24). The Balaban J connectivity index is 1.55. The van der Waals surface area contributed by atoms with Crippen LogP contribution in [0.5, 0.6) is 5.75 Å². The number of anilines is 2. The van der Waals surface area contributed by atoms with E-state index in [2.05, 4.69) is 9.71 Å². The molecule has 0 fully saturated rings. The number of hydrogen-bond donors (Lipinski definition) is 1. The summed E-state index contributed by atoms with van der Waals surface area (Å²) in [6.45, 7) is 1.02. The SMILES string of the molecule is COCCOc1c(Cl)cccc1NC(=O)c1ccc2c(c1)SC1=NS(=O)(=O)CCN12. The fraction of sp³-hybridized carbons (Fsp3) is 0.263. The number of carbonyl (C=O) groups excluding carboxylic acids is 1. The summed E-state index contributed by atoms with van der Waals surface area (Å²) in [5.74, 6) is 0.00721. The summed E-state index contributed by atoms with van der Waals surface area (Å²) >= 11 is 7.46. The zero-order valence-electron chi connectivity index (χ0n) is 15.9. The molecule has 0 unspecified atom stereocenters. The molecule has 2 aromatic carbocycles. The number of para-hydroxylation sites is 1. The Morgan fingerprint density at radius 3 is 2.93 bits per heavy atom. The third-order valence-electron chi connectivity index (χ3n) is 4.48. The van der Waals surface area contributed by atoms with E-state index < -0.39 is 10.0 Å². The Morgan fingerprint density at radius 1 is 1.30 bits per heavy atom. The van der Waals surface area contributed by atoms with Crippen molar-refractivity contribution >= 4 is 55.8 Å². The van der Waals surface area contributed by atoms with Gasteiger partial charge in [0.2, 0.25) is 0 Å². The predicted molar refractivity (Wildman–Crippen MR) is 118 cm³/mol. The lowest BCUT2D eigenvalue weighted by atomic mass is 10.1. The Morgan fingerprint density at radius 2 is 2.13 bits per heavy atom. The third-order valence-corrected chi connectivity index (χ3v) is 7.09. The van der Waals surface area contributed by atoms with Crippen LogP contribution in [0.15, 0.2) is 45.7 Å². The number of carbonyl (C=O) groups is 1. The molecular formula is C19H18ClN3O5S2. The van der Waals surface area contributed by atoms with E-state index in [9.17, 15) is 13.2 Å². The Hall–Kier alpha value is -2.27. The summed E-state index contributed by atoms with van der Waals surface area (Å²) < 4.78 is 38.0. The van der Waals surface area contributed by atoms with Gasteiger partial charge in [-0.3, -0.25) is 4.79 Å². The van der Waals surface area contributed by atoms with E-state index in [1.165, 1.54) is 11.8 Å². The number of benzene rings is 2. The summed E-state index contributed by atoms with van der Waals surface area (Å²) in [6.07, 6.45) is 0. The van der Waals surface area contributed by atoms with Gasteiger partial charge in [-0.25, -0.2) is 8.42 Å². The smallest absolute Gasteiger partial charge is 0.257 e. The largest absolute Gasteiger partial charge is 0.487 e. The van der Waals surface area contributed by atoms with Gasteiger partial charge in [0.05, 0.1) is 28.8 Å². The summed E-state index contributed by atoms with van der Waals surface area (Å²) in [5, 5.41) is 3.62. The summed E-state index contributed by atoms with van der Waals surface area (Å²) in [4.78, 5) is 15.5. The van der Waals surface area contributed by atoms with Crippen molar-refractivity contribution in [3.05, 3.63) is 47.0 Å². The number of sulfonamides is 1. The van der Waals surface area contributed by atoms with Crippen molar-refractivity contribution in [1.29, 1.82) is 0 Å². The third kappa shape index (κ3) is 4.27. The summed E-state index contributed by atoms with van der Waals surface area (Å²) in [7, 11) is -1.86. The molecule has 30 heavy (non-hydrogen) atoms. The molecule has 0 saturated carbocycles. The van der Waals surface area contributed by atoms with E-state index in [1.54, 1.807) is 43.5 Å². The second kappa shape index (κ2) is 8.46. The average molecular weight is 468 g/mol. The number of amidine groups is 1. The number of hydrogen-bond acceptors (Lipinski definition) is 7. The minimum atomic E-state index is -3.43. The molecule has 0 aliphatic carbocycles. The van der Waals surface area contributed by atoms with Crippen molar-refractivity contribution < 1.29 is 22.7 Å². The van der Waals surface area contributed by atoms with Crippen molar-refractivity contribution in [3.63, 3.8) is 0 Å². The van der Waals surface area contributed by atoms with Crippen LogP contribution >= 0.6 is 23.4 Å². The van der Waals surface area contributed by atoms with Crippen LogP contribution in [0.25, 0.3) is 0 Å². The maximum absolute atomic E-state index is 12.8. The van der Waals surface area contributed by atoms with Crippen molar-refractivity contribution in [2.24, 2.45) is 4.40 Å². The Labute approximate surface area is 183 Å². The molecule has 4 rings (SSSR count). The topological polar surface area (TPSA) is 97.3 Å². The number of thioether (sulfide) groups is 1. The predicted octanol–water partition coefficient (Wildman–Crippen LogP) is 3.23. The number of ether oxygens (including phenoxy) is 2. The molecule has 2 heterocycles. The van der Waals surface area contributed by atoms with Gasteiger partial charge >= 0.3 is 0 Å². The number of nitrogens with zero attached hydrogens (tertiary/aromatic N) is 2. The van der Waals surface area contributed by atoms with Gasteiger partial charge in [-0.05, 0) is 42.1 Å². The Kier molecular flexibility index (Phi) is 5.92. The van der Waals surface area contributed by atoms with E-state index in [0.717, 1.165) is 10.6 Å². The van der Waals surface area contributed by atoms with Gasteiger partial charge in [-0.15, -0.1) is 4.40 Å². The van der Waals surface area contributed by atoms with E-state index in [-0.39, 0.29) is 11.7 Å². The van der Waals surface area contributed by atoms with Crippen LogP contribution in [0, 0.1) is 0 Å². The molecule has 1 amide bonds. The zero-order chi connectivity index (χ0) is 21.3. The second-order valence-corrected chi connectivity index (χ2v) is 9.68. The van der Waals surface area contributed by atoms with Gasteiger partial charge in [0.15, 0.2) is 10.9 Å². The van der Waals surface area contributed by atoms with Crippen molar-refractivity contribution in [3.8, 4) is 5.75 Å². The average Bonchev–Trinajstić information content (AvgIpc) is 3.05. The molecule has 0 spiro atoms. The van der Waals surface area contributed by atoms with Gasteiger partial charge in [-0.1, -0.05) is 17.7 Å². The lowest BCUT2D eigenvalue weighted by molar-refractivity contribution is 0.102. The molecule has 0 bridgehead atoms. The molecule has 0 radical (unpaired) electrons. The molecular weight excluding hydrogens is 450 g/mol. The number of halogens is 1. The highest BCUT2D eigenvalue weighted by Gasteiger charge is 2.33. The molecule has 158 valence electrons. The lowest BCUT2D eigenvalue weighted by Gasteiger charge is -2.22. The van der Waals surface area contributed by atoms with Crippen LogP contribution in [0.1, 0.15) is 10.4 Å². The lowest BCUT2D eigenvalue weighted by Crippen LogP contribution is -2.35. The first-order chi connectivity index (χ1) is 14.4. The first-order valence-corrected chi connectivity index (χ1v) is 11.8. The molecule has 0 saturated heterocycles. The number of methoxy groups -OCH3 is 1. The number of nitrogens with one attached hydrogen (secondary N) is 1. The van der Waals surface area contributed by atoms with Crippen LogP contribution < -0.4 is 15.0 Å². The molecule has 1 N–H and O–H groups in total. The van der Waals surface area contributed by atoms with Crippen molar-refractivity contribution in [2.75, 3.05) is 42.8 Å². The molecule has 2 aliphatic heterocycles. The quantitative estimate of drug-likeness (QED) is 0.651. The molecule has 0 aromatic heterocycles. The molecule has 8 nitrogen and oxygen atoms in total. The maximum atomic E-state index is 12.8. The van der Waals surface area contributed by atoms with E-state index in [0.29, 0.717) is 46.9 Å². The van der Waals surface area contributed by atoms with Gasteiger partial charge in [0, 0.05) is 24.1 Å². The molecule has 2 aliphatic rings. The molecule has 2 aromatic rings. The van der Waals surface area contributed by atoms with Crippen LogP contribution in [-0.4, -0.2) is 52.1 Å².